The first-order valence-electron chi connectivity index (χ1n) is 7.38. The van der Waals surface area contributed by atoms with Crippen molar-refractivity contribution in [2.45, 2.75) is 32.3 Å². The van der Waals surface area contributed by atoms with E-state index in [2.05, 4.69) is 0 Å². The first kappa shape index (κ1) is 15.6. The molecule has 1 atom stereocenters. The van der Waals surface area contributed by atoms with Crippen LogP contribution in [-0.2, 0) is 4.79 Å². The van der Waals surface area contributed by atoms with Crippen LogP contribution < -0.4 is 9.47 Å². The van der Waals surface area contributed by atoms with Crippen molar-refractivity contribution in [3.63, 3.8) is 0 Å². The van der Waals surface area contributed by atoms with E-state index in [4.69, 9.17) is 9.47 Å². The van der Waals surface area contributed by atoms with Crippen LogP contribution in [0.15, 0.2) is 18.2 Å². The molecule has 0 aromatic heterocycles. The third-order valence-electron chi connectivity index (χ3n) is 3.73. The number of carbonyl (C=O) groups is 1. The molecule has 5 nitrogen and oxygen atoms in total. The Kier molecular flexibility index (Phi) is 5.44. The molecule has 1 fully saturated rings. The summed E-state index contributed by atoms with van der Waals surface area (Å²) in [6, 6.07) is 5.22. The van der Waals surface area contributed by atoms with E-state index in [1.54, 1.807) is 32.2 Å². The number of aliphatic hydroxyl groups excluding tert-OH is 1. The van der Waals surface area contributed by atoms with Gasteiger partial charge in [-0.3, -0.25) is 4.79 Å². The second-order valence-corrected chi connectivity index (χ2v) is 5.31. The molecule has 0 saturated carbocycles. The summed E-state index contributed by atoms with van der Waals surface area (Å²) < 4.78 is 10.8. The van der Waals surface area contributed by atoms with E-state index in [0.717, 1.165) is 25.9 Å². The largest absolute Gasteiger partial charge is 0.497 e. The van der Waals surface area contributed by atoms with Crippen LogP contribution in [0.3, 0.4) is 0 Å². The average molecular weight is 293 g/mol. The molecule has 1 aromatic carbocycles. The Bertz CT molecular complexity index is 481. The van der Waals surface area contributed by atoms with E-state index >= 15 is 0 Å². The van der Waals surface area contributed by atoms with Crippen molar-refractivity contribution in [3.8, 4) is 11.5 Å². The maximum atomic E-state index is 12.1. The summed E-state index contributed by atoms with van der Waals surface area (Å²) in [6.07, 6.45) is 2.65. The maximum absolute atomic E-state index is 12.1. The molecule has 21 heavy (non-hydrogen) atoms. The molecule has 0 unspecified atom stereocenters. The number of hydrogen-bond acceptors (Lipinski definition) is 4. The lowest BCUT2D eigenvalue weighted by Crippen LogP contribution is -2.38. The molecule has 0 spiro atoms. The molecule has 0 radical (unpaired) electrons. The highest BCUT2D eigenvalue weighted by molar-refractivity contribution is 5.77. The summed E-state index contributed by atoms with van der Waals surface area (Å²) in [4.78, 5) is 14.0. The third-order valence-corrected chi connectivity index (χ3v) is 3.73. The Balaban J connectivity index is 2.02. The minimum absolute atomic E-state index is 0.00550. The number of nitrogens with zero attached hydrogens (tertiary/aromatic N) is 1. The molecular weight excluding hydrogens is 270 g/mol. The molecule has 1 aromatic rings. The topological polar surface area (TPSA) is 59.0 Å². The summed E-state index contributed by atoms with van der Waals surface area (Å²) in [6.45, 7) is 3.28. The fourth-order valence-electron chi connectivity index (χ4n) is 2.49. The van der Waals surface area contributed by atoms with E-state index < -0.39 is 6.10 Å². The van der Waals surface area contributed by atoms with Crippen molar-refractivity contribution >= 4 is 5.91 Å². The second-order valence-electron chi connectivity index (χ2n) is 5.31. The minimum Gasteiger partial charge on any atom is -0.497 e. The molecule has 116 valence electrons. The average Bonchev–Trinajstić information content (AvgIpc) is 2.52. The summed E-state index contributed by atoms with van der Waals surface area (Å²) in [7, 11) is 1.57. The number of carbonyl (C=O) groups excluding carboxylic acids is 1. The molecule has 2 rings (SSSR count). The van der Waals surface area contributed by atoms with Crippen molar-refractivity contribution in [2.24, 2.45) is 0 Å². The van der Waals surface area contributed by atoms with Gasteiger partial charge in [0.1, 0.15) is 11.5 Å². The van der Waals surface area contributed by atoms with Gasteiger partial charge < -0.3 is 19.5 Å². The smallest absolute Gasteiger partial charge is 0.260 e. The molecule has 1 N–H and O–H groups in total. The van der Waals surface area contributed by atoms with E-state index in [-0.39, 0.29) is 12.5 Å². The van der Waals surface area contributed by atoms with Crippen LogP contribution in [0.25, 0.3) is 0 Å². The highest BCUT2D eigenvalue weighted by Crippen LogP contribution is 2.29. The van der Waals surface area contributed by atoms with Gasteiger partial charge in [-0.05, 0) is 38.3 Å². The molecular formula is C16H23NO4. The van der Waals surface area contributed by atoms with Gasteiger partial charge in [0, 0.05) is 24.7 Å². The number of piperidine rings is 1. The van der Waals surface area contributed by atoms with E-state index in [9.17, 15) is 9.90 Å². The van der Waals surface area contributed by atoms with E-state index in [1.165, 1.54) is 6.42 Å². The highest BCUT2D eigenvalue weighted by atomic mass is 16.5. The third kappa shape index (κ3) is 4.11. The van der Waals surface area contributed by atoms with Crippen LogP contribution in [0.4, 0.5) is 0 Å². The lowest BCUT2D eigenvalue weighted by molar-refractivity contribution is -0.134. The number of amides is 1. The van der Waals surface area contributed by atoms with Crippen LogP contribution in [0.5, 0.6) is 11.5 Å². The van der Waals surface area contributed by atoms with Crippen LogP contribution in [0.1, 0.15) is 37.9 Å². The van der Waals surface area contributed by atoms with Gasteiger partial charge >= 0.3 is 0 Å². The number of rotatable bonds is 5. The summed E-state index contributed by atoms with van der Waals surface area (Å²) in [5, 5.41) is 9.77. The zero-order valence-corrected chi connectivity index (χ0v) is 12.7. The van der Waals surface area contributed by atoms with Crippen LogP contribution >= 0.6 is 0 Å². The summed E-state index contributed by atoms with van der Waals surface area (Å²) >= 11 is 0. The van der Waals surface area contributed by atoms with Gasteiger partial charge in [0.25, 0.3) is 5.91 Å². The van der Waals surface area contributed by atoms with Gasteiger partial charge in [-0.15, -0.1) is 0 Å². The predicted molar refractivity (Wildman–Crippen MR) is 79.6 cm³/mol. The zero-order chi connectivity index (χ0) is 15.2. The normalized spacial score (nSPS) is 16.4. The molecule has 1 amide bonds. The van der Waals surface area contributed by atoms with Crippen molar-refractivity contribution < 1.29 is 19.4 Å². The Morgan fingerprint density at radius 2 is 2.05 bits per heavy atom. The van der Waals surface area contributed by atoms with E-state index in [1.807, 2.05) is 4.90 Å². The number of likely N-dealkylation sites (tertiary alicyclic amines) is 1. The first-order chi connectivity index (χ1) is 10.1. The Labute approximate surface area is 125 Å². The molecule has 1 aliphatic heterocycles. The van der Waals surface area contributed by atoms with Crippen molar-refractivity contribution in [1.29, 1.82) is 0 Å². The summed E-state index contributed by atoms with van der Waals surface area (Å²) in [5.41, 5.74) is 0.655. The van der Waals surface area contributed by atoms with Gasteiger partial charge in [-0.2, -0.15) is 0 Å². The van der Waals surface area contributed by atoms with Crippen molar-refractivity contribution in [2.75, 3.05) is 26.8 Å². The van der Waals surface area contributed by atoms with Crippen LogP contribution in [0, 0.1) is 0 Å². The van der Waals surface area contributed by atoms with Gasteiger partial charge in [-0.25, -0.2) is 0 Å². The van der Waals surface area contributed by atoms with Gasteiger partial charge in [0.05, 0.1) is 13.2 Å². The van der Waals surface area contributed by atoms with E-state index in [0.29, 0.717) is 17.1 Å². The molecule has 1 heterocycles. The standard InChI is InChI=1S/C16H23NO4/c1-12(18)14-7-6-13(20-2)10-15(14)21-11-16(19)17-8-4-3-5-9-17/h6-7,10,12,18H,3-5,8-9,11H2,1-2H3/t12-/m0/s1. The van der Waals surface area contributed by atoms with Gasteiger partial charge in [-0.1, -0.05) is 0 Å². The number of aliphatic hydroxyl groups is 1. The molecule has 0 aliphatic carbocycles. The molecule has 1 saturated heterocycles. The second kappa shape index (κ2) is 7.31. The fraction of sp³-hybridized carbons (Fsp3) is 0.562. The first-order valence-corrected chi connectivity index (χ1v) is 7.38. The SMILES string of the molecule is COc1ccc([C@H](C)O)c(OCC(=O)N2CCCCC2)c1. The van der Waals surface area contributed by atoms with Crippen molar-refractivity contribution in [1.82, 2.24) is 4.90 Å². The molecule has 0 bridgehead atoms. The molecule has 1 aliphatic rings. The maximum Gasteiger partial charge on any atom is 0.260 e. The summed E-state index contributed by atoms with van der Waals surface area (Å²) in [5.74, 6) is 1.13. The lowest BCUT2D eigenvalue weighted by atomic mass is 10.1. The molecule has 5 heteroatoms. The van der Waals surface area contributed by atoms with Crippen molar-refractivity contribution in [3.05, 3.63) is 23.8 Å². The Morgan fingerprint density at radius 1 is 1.33 bits per heavy atom. The zero-order valence-electron chi connectivity index (χ0n) is 12.7. The number of hydrogen-bond donors (Lipinski definition) is 1. The van der Waals surface area contributed by atoms with Crippen LogP contribution in [0.2, 0.25) is 0 Å². The fourth-order valence-corrected chi connectivity index (χ4v) is 2.49. The number of ether oxygens (including phenoxy) is 2. The van der Waals surface area contributed by atoms with Gasteiger partial charge in [0.2, 0.25) is 0 Å². The highest BCUT2D eigenvalue weighted by Gasteiger charge is 2.18. The number of methoxy groups -OCH3 is 1. The minimum atomic E-state index is -0.656. The monoisotopic (exact) mass is 293 g/mol. The van der Waals surface area contributed by atoms with Gasteiger partial charge in [0.15, 0.2) is 6.61 Å². The Hall–Kier alpha value is -1.75. The predicted octanol–water partition coefficient (Wildman–Crippen LogP) is 2.14. The lowest BCUT2D eigenvalue weighted by Gasteiger charge is -2.26. The Morgan fingerprint density at radius 3 is 2.67 bits per heavy atom. The van der Waals surface area contributed by atoms with Crippen LogP contribution in [-0.4, -0.2) is 42.7 Å². The quantitative estimate of drug-likeness (QED) is 0.903. The number of benzene rings is 1.